The van der Waals surface area contributed by atoms with E-state index in [1.165, 1.54) is 0 Å². The van der Waals surface area contributed by atoms with Crippen LogP contribution in [0.2, 0.25) is 0 Å². The predicted molar refractivity (Wildman–Crippen MR) is 59.5 cm³/mol. The maximum atomic E-state index is 11.9. The lowest BCUT2D eigenvalue weighted by atomic mass is 9.81. The zero-order valence-corrected chi connectivity index (χ0v) is 10.0. The van der Waals surface area contributed by atoms with Crippen LogP contribution in [0.1, 0.15) is 39.5 Å². The minimum Gasteiger partial charge on any atom is -0.366 e. The molecule has 1 amide bonds. The third-order valence-electron chi connectivity index (χ3n) is 4.05. The number of hydrogen-bond acceptors (Lipinski definition) is 3. The first-order valence-electron chi connectivity index (χ1n) is 6.16. The number of carbonyl (C=O) groups is 1. The fourth-order valence-corrected chi connectivity index (χ4v) is 3.06. The van der Waals surface area contributed by atoms with Gasteiger partial charge in [0.2, 0.25) is 5.91 Å². The second-order valence-electron chi connectivity index (χ2n) is 5.49. The number of carbonyl (C=O) groups excluding carboxylic acids is 1. The molecule has 4 heteroatoms. The molecule has 92 valence electrons. The van der Waals surface area contributed by atoms with Gasteiger partial charge in [-0.2, -0.15) is 0 Å². The zero-order valence-electron chi connectivity index (χ0n) is 10.0. The van der Waals surface area contributed by atoms with Crippen LogP contribution in [0.4, 0.5) is 0 Å². The summed E-state index contributed by atoms with van der Waals surface area (Å²) in [7, 11) is 0. The molecule has 1 saturated carbocycles. The van der Waals surface area contributed by atoms with Gasteiger partial charge in [-0.1, -0.05) is 13.8 Å². The molecule has 0 unspecified atom stereocenters. The van der Waals surface area contributed by atoms with Gasteiger partial charge in [0.15, 0.2) is 5.79 Å². The summed E-state index contributed by atoms with van der Waals surface area (Å²) in [5, 5.41) is 19.2. The molecule has 0 bridgehead atoms. The van der Waals surface area contributed by atoms with Crippen molar-refractivity contribution in [1.82, 2.24) is 4.90 Å². The lowest BCUT2D eigenvalue weighted by Crippen LogP contribution is -2.49. The molecule has 0 aromatic heterocycles. The fraction of sp³-hybridized carbons (Fsp3) is 0.917. The van der Waals surface area contributed by atoms with Crippen molar-refractivity contribution < 1.29 is 15.0 Å². The molecule has 16 heavy (non-hydrogen) atoms. The second kappa shape index (κ2) is 4.00. The van der Waals surface area contributed by atoms with Crippen molar-refractivity contribution in [1.29, 1.82) is 0 Å². The second-order valence-corrected chi connectivity index (χ2v) is 5.49. The van der Waals surface area contributed by atoms with Crippen LogP contribution in [0.15, 0.2) is 0 Å². The lowest BCUT2D eigenvalue weighted by molar-refractivity contribution is -0.199. The van der Waals surface area contributed by atoms with E-state index >= 15 is 0 Å². The molecule has 1 saturated heterocycles. The third kappa shape index (κ3) is 2.09. The summed E-state index contributed by atoms with van der Waals surface area (Å²) in [6.45, 7) is 4.80. The van der Waals surface area contributed by atoms with Crippen molar-refractivity contribution >= 4 is 5.91 Å². The fourth-order valence-electron chi connectivity index (χ4n) is 3.06. The summed E-state index contributed by atoms with van der Waals surface area (Å²) < 4.78 is 0. The summed E-state index contributed by atoms with van der Waals surface area (Å²) in [5.74, 6) is -0.982. The van der Waals surface area contributed by atoms with E-state index < -0.39 is 5.79 Å². The molecule has 2 rings (SSSR count). The van der Waals surface area contributed by atoms with Gasteiger partial charge >= 0.3 is 0 Å². The minimum atomic E-state index is -1.52. The van der Waals surface area contributed by atoms with Crippen LogP contribution in [0.25, 0.3) is 0 Å². The highest BCUT2D eigenvalue weighted by molar-refractivity contribution is 5.80. The van der Waals surface area contributed by atoms with Crippen LogP contribution in [0, 0.1) is 11.8 Å². The topological polar surface area (TPSA) is 60.8 Å². The largest absolute Gasteiger partial charge is 0.366 e. The lowest BCUT2D eigenvalue weighted by Gasteiger charge is -2.41. The Hall–Kier alpha value is -0.610. The van der Waals surface area contributed by atoms with E-state index in [1.807, 2.05) is 18.7 Å². The Balaban J connectivity index is 2.04. The average Bonchev–Trinajstić information content (AvgIpc) is 2.48. The van der Waals surface area contributed by atoms with Gasteiger partial charge in [-0.15, -0.1) is 0 Å². The molecule has 4 nitrogen and oxygen atoms in total. The number of likely N-dealkylation sites (tertiary alicyclic amines) is 1. The molecule has 2 N–H and O–H groups in total. The van der Waals surface area contributed by atoms with Gasteiger partial charge in [-0.25, -0.2) is 0 Å². The zero-order chi connectivity index (χ0) is 11.9. The molecule has 3 atom stereocenters. The van der Waals surface area contributed by atoms with Gasteiger partial charge in [0.05, 0.1) is 0 Å². The molecule has 1 aliphatic heterocycles. The molecule has 0 spiro atoms. The summed E-state index contributed by atoms with van der Waals surface area (Å²) >= 11 is 0. The first kappa shape index (κ1) is 11.9. The molecular formula is C12H21NO3. The quantitative estimate of drug-likeness (QED) is 0.649. The molecule has 2 fully saturated rings. The Bertz CT molecular complexity index is 290. The summed E-state index contributed by atoms with van der Waals surface area (Å²) in [6, 6.07) is 0.199. The Morgan fingerprint density at radius 1 is 1.31 bits per heavy atom. The molecule has 0 aromatic carbocycles. The number of aliphatic hydroxyl groups is 2. The van der Waals surface area contributed by atoms with Crippen molar-refractivity contribution in [3.63, 3.8) is 0 Å². The van der Waals surface area contributed by atoms with Crippen LogP contribution in [-0.4, -0.2) is 39.4 Å². The smallest absolute Gasteiger partial charge is 0.225 e. The van der Waals surface area contributed by atoms with E-state index in [1.54, 1.807) is 0 Å². The van der Waals surface area contributed by atoms with Gasteiger partial charge in [0.25, 0.3) is 0 Å². The van der Waals surface area contributed by atoms with Gasteiger partial charge in [0, 0.05) is 31.3 Å². The van der Waals surface area contributed by atoms with E-state index in [0.29, 0.717) is 19.3 Å². The monoisotopic (exact) mass is 227 g/mol. The Morgan fingerprint density at radius 2 is 2.00 bits per heavy atom. The van der Waals surface area contributed by atoms with Gasteiger partial charge < -0.3 is 15.1 Å². The predicted octanol–water partition coefficient (Wildman–Crippen LogP) is 0.724. The Morgan fingerprint density at radius 3 is 2.50 bits per heavy atom. The SMILES string of the molecule is C[C@@H]1CC(O)(O)CC[C@@H]1N1CC[C@H](C)C1=O. The van der Waals surface area contributed by atoms with Crippen molar-refractivity contribution in [2.24, 2.45) is 11.8 Å². The van der Waals surface area contributed by atoms with Crippen LogP contribution in [0.5, 0.6) is 0 Å². The molecule has 1 aliphatic carbocycles. The summed E-state index contributed by atoms with van der Waals surface area (Å²) in [5.41, 5.74) is 0. The van der Waals surface area contributed by atoms with E-state index in [4.69, 9.17) is 0 Å². The van der Waals surface area contributed by atoms with E-state index in [-0.39, 0.29) is 23.8 Å². The molecule has 1 heterocycles. The van der Waals surface area contributed by atoms with Crippen LogP contribution in [-0.2, 0) is 4.79 Å². The maximum Gasteiger partial charge on any atom is 0.225 e. The van der Waals surface area contributed by atoms with Crippen molar-refractivity contribution in [2.45, 2.75) is 51.4 Å². The maximum absolute atomic E-state index is 11.9. The van der Waals surface area contributed by atoms with E-state index in [0.717, 1.165) is 13.0 Å². The molecular weight excluding hydrogens is 206 g/mol. The van der Waals surface area contributed by atoms with Gasteiger partial charge in [0.1, 0.15) is 0 Å². The van der Waals surface area contributed by atoms with Gasteiger partial charge in [-0.05, 0) is 18.8 Å². The Labute approximate surface area is 96.3 Å². The standard InChI is InChI=1S/C12H21NO3/c1-8-4-6-13(11(8)14)10-3-5-12(15,16)7-9(10)2/h8-10,15-16H,3-7H2,1-2H3/t8-,9+,10-/m0/s1. The molecule has 0 radical (unpaired) electrons. The number of amides is 1. The van der Waals surface area contributed by atoms with Gasteiger partial charge in [-0.3, -0.25) is 4.79 Å². The normalized spacial score (nSPS) is 39.1. The highest BCUT2D eigenvalue weighted by Gasteiger charge is 2.42. The van der Waals surface area contributed by atoms with E-state index in [2.05, 4.69) is 0 Å². The van der Waals surface area contributed by atoms with E-state index in [9.17, 15) is 15.0 Å². The van der Waals surface area contributed by atoms with Crippen molar-refractivity contribution in [2.75, 3.05) is 6.54 Å². The molecule has 0 aromatic rings. The van der Waals surface area contributed by atoms with Crippen molar-refractivity contribution in [3.05, 3.63) is 0 Å². The number of nitrogens with zero attached hydrogens (tertiary/aromatic N) is 1. The van der Waals surface area contributed by atoms with Crippen LogP contribution >= 0.6 is 0 Å². The number of rotatable bonds is 1. The highest BCUT2D eigenvalue weighted by atomic mass is 16.5. The summed E-state index contributed by atoms with van der Waals surface area (Å²) in [6.07, 6.45) is 2.38. The Kier molecular flexibility index (Phi) is 2.97. The average molecular weight is 227 g/mol. The first-order chi connectivity index (χ1) is 7.41. The minimum absolute atomic E-state index is 0.141. The first-order valence-corrected chi connectivity index (χ1v) is 6.16. The molecule has 2 aliphatic rings. The van der Waals surface area contributed by atoms with Crippen LogP contribution < -0.4 is 0 Å². The third-order valence-corrected chi connectivity index (χ3v) is 4.05. The highest BCUT2D eigenvalue weighted by Crippen LogP contribution is 2.35. The van der Waals surface area contributed by atoms with Crippen molar-refractivity contribution in [3.8, 4) is 0 Å². The number of hydrogen-bond donors (Lipinski definition) is 2. The van der Waals surface area contributed by atoms with Crippen LogP contribution in [0.3, 0.4) is 0 Å². The summed E-state index contributed by atoms with van der Waals surface area (Å²) in [4.78, 5) is 13.9.